The van der Waals surface area contributed by atoms with E-state index in [1.54, 1.807) is 24.4 Å². The zero-order valence-corrected chi connectivity index (χ0v) is 20.2. The quantitative estimate of drug-likeness (QED) is 0.480. The van der Waals surface area contributed by atoms with E-state index in [2.05, 4.69) is 20.6 Å². The van der Waals surface area contributed by atoms with Crippen LogP contribution >= 0.6 is 0 Å². The number of oxazole rings is 1. The molecule has 8 heteroatoms. The van der Waals surface area contributed by atoms with Gasteiger partial charge in [0.05, 0.1) is 6.20 Å². The lowest BCUT2D eigenvalue weighted by Crippen LogP contribution is -2.23. The summed E-state index contributed by atoms with van der Waals surface area (Å²) in [5, 5.41) is 5.66. The van der Waals surface area contributed by atoms with Gasteiger partial charge in [0.1, 0.15) is 11.6 Å². The Morgan fingerprint density at radius 1 is 1.11 bits per heavy atom. The highest BCUT2D eigenvalue weighted by atomic mass is 19.1. The number of nitrogens with one attached hydrogen (secondary N) is 2. The first kappa shape index (κ1) is 23.2. The summed E-state index contributed by atoms with van der Waals surface area (Å²) in [7, 11) is 0. The molecule has 7 nitrogen and oxygen atoms in total. The molecule has 0 unspecified atom stereocenters. The molecule has 2 fully saturated rings. The SMILES string of the molecule is CC(C)(C)c1ncc(C(=O)NCc2ccc(-c3ccnc(NC(=O)C4CC4)c3)c(F)c2C2CC2)o1. The van der Waals surface area contributed by atoms with Gasteiger partial charge >= 0.3 is 0 Å². The monoisotopic (exact) mass is 476 g/mol. The Labute approximate surface area is 203 Å². The Morgan fingerprint density at radius 3 is 2.54 bits per heavy atom. The average molecular weight is 477 g/mol. The van der Waals surface area contributed by atoms with Crippen molar-refractivity contribution >= 4 is 17.6 Å². The standard InChI is InChI=1S/C27H29FN4O3/c1-27(2,3)26-31-14-20(35-26)25(34)30-13-18-8-9-19(23(28)22(18)15-4-5-15)17-10-11-29-21(12-17)32-24(33)16-6-7-16/h8-12,14-16H,4-7,13H2,1-3H3,(H,30,34)(H,29,32,33). The van der Waals surface area contributed by atoms with Gasteiger partial charge in [-0.2, -0.15) is 0 Å². The Kier molecular flexibility index (Phi) is 5.91. The van der Waals surface area contributed by atoms with Crippen LogP contribution in [0, 0.1) is 11.7 Å². The maximum absolute atomic E-state index is 15.8. The number of anilines is 1. The number of pyridine rings is 1. The second-order valence-corrected chi connectivity index (χ2v) is 10.4. The number of halogens is 1. The smallest absolute Gasteiger partial charge is 0.288 e. The predicted molar refractivity (Wildman–Crippen MR) is 129 cm³/mol. The van der Waals surface area contributed by atoms with Crippen LogP contribution in [0.25, 0.3) is 11.1 Å². The topological polar surface area (TPSA) is 97.1 Å². The molecule has 3 aromatic rings. The first-order valence-electron chi connectivity index (χ1n) is 12.0. The van der Waals surface area contributed by atoms with Crippen molar-refractivity contribution in [3.8, 4) is 11.1 Å². The van der Waals surface area contributed by atoms with E-state index in [9.17, 15) is 9.59 Å². The fourth-order valence-electron chi connectivity index (χ4n) is 4.05. The summed E-state index contributed by atoms with van der Waals surface area (Å²) in [6.07, 6.45) is 6.62. The minimum absolute atomic E-state index is 0.0405. The van der Waals surface area contributed by atoms with Gasteiger partial charge in [-0.15, -0.1) is 0 Å². The van der Waals surface area contributed by atoms with Crippen LogP contribution in [-0.2, 0) is 16.8 Å². The van der Waals surface area contributed by atoms with Crippen molar-refractivity contribution in [1.29, 1.82) is 0 Å². The van der Waals surface area contributed by atoms with Gasteiger partial charge in [-0.3, -0.25) is 9.59 Å². The molecule has 0 radical (unpaired) electrons. The molecule has 2 aromatic heterocycles. The molecule has 0 bridgehead atoms. The summed E-state index contributed by atoms with van der Waals surface area (Å²) in [6.45, 7) is 6.06. The molecular weight excluding hydrogens is 447 g/mol. The van der Waals surface area contributed by atoms with Crippen LogP contribution < -0.4 is 10.6 Å². The molecule has 0 spiro atoms. The molecule has 1 aromatic carbocycles. The first-order valence-corrected chi connectivity index (χ1v) is 12.0. The molecule has 0 aliphatic heterocycles. The second-order valence-electron chi connectivity index (χ2n) is 10.4. The Balaban J connectivity index is 1.35. The lowest BCUT2D eigenvalue weighted by Gasteiger charge is -2.15. The van der Waals surface area contributed by atoms with Crippen molar-refractivity contribution in [3.05, 3.63) is 65.3 Å². The fourth-order valence-corrected chi connectivity index (χ4v) is 4.05. The fraction of sp³-hybridized carbons (Fsp3) is 0.407. The van der Waals surface area contributed by atoms with Gasteiger partial charge in [0, 0.05) is 29.6 Å². The molecule has 35 heavy (non-hydrogen) atoms. The van der Waals surface area contributed by atoms with E-state index in [0.29, 0.717) is 28.4 Å². The molecule has 2 aliphatic carbocycles. The first-order chi connectivity index (χ1) is 16.7. The average Bonchev–Trinajstić information content (AvgIpc) is 3.75. The summed E-state index contributed by atoms with van der Waals surface area (Å²) in [5.74, 6) is 0.523. The minimum atomic E-state index is -0.385. The number of benzene rings is 1. The zero-order chi connectivity index (χ0) is 24.7. The van der Waals surface area contributed by atoms with Crippen LogP contribution in [0.5, 0.6) is 0 Å². The van der Waals surface area contributed by atoms with Gasteiger partial charge in [-0.25, -0.2) is 14.4 Å². The summed E-state index contributed by atoms with van der Waals surface area (Å²) in [5.41, 5.74) is 2.18. The van der Waals surface area contributed by atoms with E-state index in [0.717, 1.165) is 31.2 Å². The number of hydrogen-bond acceptors (Lipinski definition) is 5. The van der Waals surface area contributed by atoms with Crippen LogP contribution in [-0.4, -0.2) is 21.8 Å². The Morgan fingerprint density at radius 2 is 1.89 bits per heavy atom. The van der Waals surface area contributed by atoms with Crippen LogP contribution in [0.1, 0.15) is 79.9 Å². The highest BCUT2D eigenvalue weighted by Crippen LogP contribution is 2.45. The van der Waals surface area contributed by atoms with Gasteiger partial charge in [-0.1, -0.05) is 32.9 Å². The molecule has 5 rings (SSSR count). The normalized spacial score (nSPS) is 15.7. The number of carbonyl (C=O) groups is 2. The van der Waals surface area contributed by atoms with E-state index in [1.165, 1.54) is 6.20 Å². The molecule has 2 saturated carbocycles. The number of rotatable bonds is 7. The third kappa shape index (κ3) is 5.11. The van der Waals surface area contributed by atoms with Crippen molar-refractivity contribution in [3.63, 3.8) is 0 Å². The summed E-state index contributed by atoms with van der Waals surface area (Å²) < 4.78 is 21.4. The van der Waals surface area contributed by atoms with E-state index in [4.69, 9.17) is 4.42 Å². The minimum Gasteiger partial charge on any atom is -0.435 e. The molecular formula is C27H29FN4O3. The van der Waals surface area contributed by atoms with Gasteiger partial charge in [-0.05, 0) is 60.4 Å². The Hall–Kier alpha value is -3.55. The lowest BCUT2D eigenvalue weighted by molar-refractivity contribution is -0.117. The zero-order valence-electron chi connectivity index (χ0n) is 20.2. The predicted octanol–water partition coefficient (Wildman–Crippen LogP) is 5.33. The molecule has 0 saturated heterocycles. The van der Waals surface area contributed by atoms with Crippen molar-refractivity contribution in [2.24, 2.45) is 5.92 Å². The number of amides is 2. The van der Waals surface area contributed by atoms with Gasteiger partial charge in [0.2, 0.25) is 17.6 Å². The highest BCUT2D eigenvalue weighted by molar-refractivity contribution is 5.93. The van der Waals surface area contributed by atoms with Crippen molar-refractivity contribution < 1.29 is 18.4 Å². The van der Waals surface area contributed by atoms with E-state index in [1.807, 2.05) is 26.8 Å². The maximum atomic E-state index is 15.8. The molecule has 2 heterocycles. The van der Waals surface area contributed by atoms with Crippen LogP contribution in [0.2, 0.25) is 0 Å². The summed E-state index contributed by atoms with van der Waals surface area (Å²) in [4.78, 5) is 33.1. The van der Waals surface area contributed by atoms with Crippen molar-refractivity contribution in [2.75, 3.05) is 5.32 Å². The van der Waals surface area contributed by atoms with Crippen molar-refractivity contribution in [1.82, 2.24) is 15.3 Å². The van der Waals surface area contributed by atoms with E-state index >= 15 is 4.39 Å². The number of carbonyl (C=O) groups excluding carboxylic acids is 2. The molecule has 0 atom stereocenters. The largest absolute Gasteiger partial charge is 0.435 e. The Bertz CT molecular complexity index is 1290. The molecule has 2 aliphatic rings. The van der Waals surface area contributed by atoms with E-state index in [-0.39, 0.29) is 47.2 Å². The second kappa shape index (κ2) is 8.91. The van der Waals surface area contributed by atoms with Gasteiger partial charge < -0.3 is 15.1 Å². The lowest BCUT2D eigenvalue weighted by atomic mass is 9.95. The number of nitrogens with zero attached hydrogens (tertiary/aromatic N) is 2. The van der Waals surface area contributed by atoms with Crippen molar-refractivity contribution in [2.45, 2.75) is 64.3 Å². The highest BCUT2D eigenvalue weighted by Gasteiger charge is 2.32. The molecule has 2 N–H and O–H groups in total. The molecule has 2 amide bonds. The summed E-state index contributed by atoms with van der Waals surface area (Å²) in [6, 6.07) is 7.01. The van der Waals surface area contributed by atoms with Gasteiger partial charge in [0.15, 0.2) is 0 Å². The van der Waals surface area contributed by atoms with Crippen LogP contribution in [0.3, 0.4) is 0 Å². The number of hydrogen-bond donors (Lipinski definition) is 2. The molecule has 182 valence electrons. The third-order valence-electron chi connectivity index (χ3n) is 6.34. The van der Waals surface area contributed by atoms with Crippen LogP contribution in [0.15, 0.2) is 41.1 Å². The summed E-state index contributed by atoms with van der Waals surface area (Å²) >= 11 is 0. The van der Waals surface area contributed by atoms with Crippen LogP contribution in [0.4, 0.5) is 10.2 Å². The van der Waals surface area contributed by atoms with E-state index < -0.39 is 0 Å². The number of aromatic nitrogens is 2. The van der Waals surface area contributed by atoms with Gasteiger partial charge in [0.25, 0.3) is 5.91 Å². The third-order valence-corrected chi connectivity index (χ3v) is 6.34. The maximum Gasteiger partial charge on any atom is 0.288 e.